The summed E-state index contributed by atoms with van der Waals surface area (Å²) < 4.78 is 0. The highest BCUT2D eigenvalue weighted by Gasteiger charge is 2.21. The average molecular weight is 384 g/mol. The number of fused-ring (bicyclic) bond motifs is 1. The smallest absolute Gasteiger partial charge is 0.326 e. The lowest BCUT2D eigenvalue weighted by Crippen LogP contribution is -2.31. The molecular weight excluding hydrogens is 358 g/mol. The summed E-state index contributed by atoms with van der Waals surface area (Å²) in [5.74, 6) is 0.740. The maximum Gasteiger partial charge on any atom is 0.326 e. The summed E-state index contributed by atoms with van der Waals surface area (Å²) in [6.07, 6.45) is 2.08. The van der Waals surface area contributed by atoms with E-state index < -0.39 is 12.0 Å². The van der Waals surface area contributed by atoms with Gasteiger partial charge in [-0.05, 0) is 30.4 Å². The Morgan fingerprint density at radius 3 is 2.59 bits per heavy atom. The lowest BCUT2D eigenvalue weighted by molar-refractivity contribution is -0.138. The molecule has 0 fully saturated rings. The molecule has 0 aliphatic carbocycles. The fourth-order valence-electron chi connectivity index (χ4n) is 3.02. The van der Waals surface area contributed by atoms with E-state index in [9.17, 15) is 9.90 Å². The van der Waals surface area contributed by atoms with Gasteiger partial charge in [0.15, 0.2) is 0 Å². The van der Waals surface area contributed by atoms with E-state index in [1.165, 1.54) is 4.88 Å². The lowest BCUT2D eigenvalue weighted by atomic mass is 10.0. The van der Waals surface area contributed by atoms with Gasteiger partial charge in [-0.3, -0.25) is 0 Å². The molecule has 1 unspecified atom stereocenters. The number of aryl methyl sites for hydroxylation is 1. The largest absolute Gasteiger partial charge is 0.480 e. The van der Waals surface area contributed by atoms with Crippen molar-refractivity contribution in [2.24, 2.45) is 5.92 Å². The number of nitrogens with zero attached hydrogens (tertiary/aromatic N) is 2. The predicted molar refractivity (Wildman–Crippen MR) is 111 cm³/mol. The van der Waals surface area contributed by atoms with Crippen LogP contribution in [0.25, 0.3) is 10.2 Å². The van der Waals surface area contributed by atoms with Crippen molar-refractivity contribution in [3.63, 3.8) is 0 Å². The van der Waals surface area contributed by atoms with Crippen LogP contribution in [0.2, 0.25) is 0 Å². The molecule has 6 heteroatoms. The number of nitrogens with one attached hydrogen (secondary N) is 1. The Balaban J connectivity index is 2.00. The molecule has 2 aromatic heterocycles. The van der Waals surface area contributed by atoms with Crippen LogP contribution in [-0.2, 0) is 17.6 Å². The van der Waals surface area contributed by atoms with Gasteiger partial charge in [0.2, 0.25) is 0 Å². The van der Waals surface area contributed by atoms with E-state index in [4.69, 9.17) is 9.97 Å². The number of aliphatic carboxylic acids is 1. The van der Waals surface area contributed by atoms with Crippen molar-refractivity contribution < 1.29 is 9.90 Å². The van der Waals surface area contributed by atoms with E-state index >= 15 is 0 Å². The first-order chi connectivity index (χ1) is 13.0. The molecule has 1 atom stereocenters. The van der Waals surface area contributed by atoms with E-state index in [1.807, 2.05) is 44.2 Å². The number of thiophene rings is 1. The second-order valence-electron chi connectivity index (χ2n) is 7.10. The zero-order valence-electron chi connectivity index (χ0n) is 15.9. The number of benzene rings is 1. The van der Waals surface area contributed by atoms with Crippen LogP contribution >= 0.6 is 11.3 Å². The molecule has 0 bridgehead atoms. The monoisotopic (exact) mass is 383 g/mol. The van der Waals surface area contributed by atoms with Crippen LogP contribution in [0.15, 0.2) is 36.4 Å². The van der Waals surface area contributed by atoms with E-state index in [-0.39, 0.29) is 5.92 Å². The molecule has 0 aliphatic rings. The van der Waals surface area contributed by atoms with Crippen molar-refractivity contribution in [1.29, 1.82) is 0 Å². The van der Waals surface area contributed by atoms with Gasteiger partial charge in [0, 0.05) is 11.3 Å². The number of anilines is 1. The maximum atomic E-state index is 11.7. The van der Waals surface area contributed by atoms with E-state index in [2.05, 4.69) is 18.3 Å². The molecule has 0 saturated heterocycles. The van der Waals surface area contributed by atoms with Gasteiger partial charge in [-0.2, -0.15) is 0 Å². The molecule has 0 amide bonds. The van der Waals surface area contributed by atoms with E-state index in [1.54, 1.807) is 11.3 Å². The van der Waals surface area contributed by atoms with Crippen LogP contribution in [0, 0.1) is 5.92 Å². The maximum absolute atomic E-state index is 11.7. The predicted octanol–water partition coefficient (Wildman–Crippen LogP) is 4.76. The minimum absolute atomic E-state index is 0.272. The lowest BCUT2D eigenvalue weighted by Gasteiger charge is -2.18. The van der Waals surface area contributed by atoms with Gasteiger partial charge in [0.1, 0.15) is 22.5 Å². The van der Waals surface area contributed by atoms with Crippen molar-refractivity contribution >= 4 is 33.3 Å². The van der Waals surface area contributed by atoms with Crippen LogP contribution in [0.3, 0.4) is 0 Å². The fraction of sp³-hybridized carbons (Fsp3) is 0.381. The summed E-state index contributed by atoms with van der Waals surface area (Å²) >= 11 is 1.65. The molecule has 0 saturated carbocycles. The van der Waals surface area contributed by atoms with Crippen molar-refractivity contribution in [3.05, 3.63) is 52.7 Å². The van der Waals surface area contributed by atoms with Crippen molar-refractivity contribution in [1.82, 2.24) is 9.97 Å². The summed E-state index contributed by atoms with van der Waals surface area (Å²) in [4.78, 5) is 23.3. The number of hydrogen-bond donors (Lipinski definition) is 2. The third-order valence-electron chi connectivity index (χ3n) is 4.36. The van der Waals surface area contributed by atoms with E-state index in [0.717, 1.165) is 22.2 Å². The molecule has 0 aliphatic heterocycles. The number of carboxylic acid groups (broad SMARTS) is 1. The Morgan fingerprint density at radius 2 is 1.96 bits per heavy atom. The first-order valence-electron chi connectivity index (χ1n) is 9.28. The minimum atomic E-state index is -0.856. The number of rotatable bonds is 8. The zero-order valence-corrected chi connectivity index (χ0v) is 16.7. The van der Waals surface area contributed by atoms with Crippen LogP contribution in [0.4, 0.5) is 5.82 Å². The molecule has 0 spiro atoms. The summed E-state index contributed by atoms with van der Waals surface area (Å²) in [6, 6.07) is 11.5. The van der Waals surface area contributed by atoms with Crippen LogP contribution < -0.4 is 5.32 Å². The van der Waals surface area contributed by atoms with Gasteiger partial charge in [-0.25, -0.2) is 14.8 Å². The number of hydrogen-bond acceptors (Lipinski definition) is 5. The molecule has 27 heavy (non-hydrogen) atoms. The Hall–Kier alpha value is -2.47. The number of carboxylic acids is 1. The van der Waals surface area contributed by atoms with Crippen molar-refractivity contribution in [2.45, 2.75) is 46.1 Å². The summed E-state index contributed by atoms with van der Waals surface area (Å²) in [7, 11) is 0. The Kier molecular flexibility index (Phi) is 6.06. The molecule has 3 aromatic rings. The van der Waals surface area contributed by atoms with Gasteiger partial charge in [0.05, 0.1) is 5.39 Å². The van der Waals surface area contributed by atoms with Gasteiger partial charge in [0.25, 0.3) is 0 Å². The van der Waals surface area contributed by atoms with Gasteiger partial charge < -0.3 is 10.4 Å². The Labute approximate surface area is 163 Å². The molecule has 3 rings (SSSR count). The molecule has 0 radical (unpaired) electrons. The Bertz CT molecular complexity index is 922. The summed E-state index contributed by atoms with van der Waals surface area (Å²) in [5.41, 5.74) is 1.13. The molecule has 2 N–H and O–H groups in total. The second kappa shape index (κ2) is 8.48. The van der Waals surface area contributed by atoms with Crippen LogP contribution in [0.1, 0.15) is 43.5 Å². The third kappa shape index (κ3) is 4.83. The van der Waals surface area contributed by atoms with E-state index in [0.29, 0.717) is 24.5 Å². The highest BCUT2D eigenvalue weighted by molar-refractivity contribution is 7.18. The highest BCUT2D eigenvalue weighted by atomic mass is 32.1. The zero-order chi connectivity index (χ0) is 19.4. The normalized spacial score (nSPS) is 12.4. The number of carbonyl (C=O) groups is 1. The van der Waals surface area contributed by atoms with Crippen molar-refractivity contribution in [3.8, 4) is 0 Å². The molecule has 1 aromatic carbocycles. The van der Waals surface area contributed by atoms with Gasteiger partial charge in [-0.15, -0.1) is 11.3 Å². The first-order valence-corrected chi connectivity index (χ1v) is 10.1. The van der Waals surface area contributed by atoms with Gasteiger partial charge >= 0.3 is 5.97 Å². The molecule has 5 nitrogen and oxygen atoms in total. The SMILES string of the molecule is CCc1cc2c(NC(CC(C)C)C(=O)O)nc(Cc3ccccc3)nc2s1. The molecule has 2 heterocycles. The van der Waals surface area contributed by atoms with Crippen LogP contribution in [0.5, 0.6) is 0 Å². The van der Waals surface area contributed by atoms with Crippen molar-refractivity contribution in [2.75, 3.05) is 5.32 Å². The second-order valence-corrected chi connectivity index (χ2v) is 8.22. The van der Waals surface area contributed by atoms with Crippen LogP contribution in [-0.4, -0.2) is 27.1 Å². The fourth-order valence-corrected chi connectivity index (χ4v) is 4.00. The van der Waals surface area contributed by atoms with Gasteiger partial charge in [-0.1, -0.05) is 51.1 Å². The minimum Gasteiger partial charge on any atom is -0.480 e. The summed E-state index contributed by atoms with van der Waals surface area (Å²) in [6.45, 7) is 6.15. The number of aromatic nitrogens is 2. The quantitative estimate of drug-likeness (QED) is 0.587. The first kappa shape index (κ1) is 19.3. The highest BCUT2D eigenvalue weighted by Crippen LogP contribution is 2.30. The molecular formula is C21H25N3O2S. The Morgan fingerprint density at radius 1 is 1.22 bits per heavy atom. The average Bonchev–Trinajstić information content (AvgIpc) is 3.05. The third-order valence-corrected chi connectivity index (χ3v) is 5.53. The topological polar surface area (TPSA) is 75.1 Å². The standard InChI is InChI=1S/C21H25N3O2S/c1-4-15-12-16-19(22-17(21(25)26)10-13(2)3)23-18(24-20(16)27-15)11-14-8-6-5-7-9-14/h5-9,12-13,17H,4,10-11H2,1-3H3,(H,25,26)(H,22,23,24). The summed E-state index contributed by atoms with van der Waals surface area (Å²) in [5, 5.41) is 13.7. The molecule has 142 valence electrons.